The van der Waals surface area contributed by atoms with Gasteiger partial charge in [0.05, 0.1) is 13.2 Å². The van der Waals surface area contributed by atoms with E-state index in [1.807, 2.05) is 0 Å². The lowest BCUT2D eigenvalue weighted by Crippen LogP contribution is -2.35. The molecule has 1 aliphatic carbocycles. The molecule has 1 fully saturated rings. The van der Waals surface area contributed by atoms with Gasteiger partial charge in [0.1, 0.15) is 11.9 Å². The summed E-state index contributed by atoms with van der Waals surface area (Å²) in [6.07, 6.45) is 4.27. The predicted octanol–water partition coefficient (Wildman–Crippen LogP) is 2.08. The number of cyclic esters (lactones) is 1. The van der Waals surface area contributed by atoms with Crippen molar-refractivity contribution in [2.75, 3.05) is 7.11 Å². The fourth-order valence-electron chi connectivity index (χ4n) is 3.39. The van der Waals surface area contributed by atoms with Gasteiger partial charge in [-0.15, -0.1) is 0 Å². The van der Waals surface area contributed by atoms with E-state index in [-0.39, 0.29) is 11.7 Å². The van der Waals surface area contributed by atoms with Crippen molar-refractivity contribution in [3.8, 4) is 5.75 Å². The van der Waals surface area contributed by atoms with Crippen molar-refractivity contribution in [3.05, 3.63) is 48.1 Å². The number of esters is 2. The minimum Gasteiger partial charge on any atom is -0.497 e. The Kier molecular flexibility index (Phi) is 6.49. The van der Waals surface area contributed by atoms with E-state index in [2.05, 4.69) is 0 Å². The maximum absolute atomic E-state index is 12.5. The molecule has 1 N–H and O–H groups in total. The third-order valence-electron chi connectivity index (χ3n) is 5.14. The normalized spacial score (nSPS) is 25.2. The molecule has 1 heterocycles. The lowest BCUT2D eigenvalue weighted by Gasteiger charge is -2.24. The summed E-state index contributed by atoms with van der Waals surface area (Å²) < 4.78 is 15.4. The molecule has 3 rings (SSSR count). The van der Waals surface area contributed by atoms with Crippen LogP contribution in [-0.2, 0) is 23.9 Å². The number of carbonyl (C=O) groups is 3. The summed E-state index contributed by atoms with van der Waals surface area (Å²) in [7, 11) is 1.57. The van der Waals surface area contributed by atoms with Gasteiger partial charge < -0.3 is 19.3 Å². The number of hydrogen-bond acceptors (Lipinski definition) is 7. The van der Waals surface area contributed by atoms with E-state index in [0.717, 1.165) is 5.56 Å². The maximum Gasteiger partial charge on any atom is 0.331 e. The highest BCUT2D eigenvalue weighted by Crippen LogP contribution is 2.44. The second-order valence-electron chi connectivity index (χ2n) is 7.20. The second kappa shape index (κ2) is 9.05. The van der Waals surface area contributed by atoms with Crippen LogP contribution in [0.15, 0.2) is 42.5 Å². The van der Waals surface area contributed by atoms with Crippen LogP contribution in [0, 0.1) is 11.8 Å². The van der Waals surface area contributed by atoms with Crippen molar-refractivity contribution in [1.82, 2.24) is 0 Å². The maximum atomic E-state index is 12.5. The highest BCUT2D eigenvalue weighted by Gasteiger charge is 2.51. The number of aliphatic hydroxyl groups excluding tert-OH is 1. The molecular weight excluding hydrogens is 376 g/mol. The number of hydrogen-bond donors (Lipinski definition) is 1. The van der Waals surface area contributed by atoms with Crippen LogP contribution in [0.2, 0.25) is 0 Å². The topological polar surface area (TPSA) is 99.1 Å². The molecule has 1 aliphatic heterocycles. The molecule has 5 atom stereocenters. The average Bonchev–Trinajstić information content (AvgIpc) is 3.52. The van der Waals surface area contributed by atoms with Gasteiger partial charge in [0.15, 0.2) is 11.9 Å². The van der Waals surface area contributed by atoms with Gasteiger partial charge in [-0.3, -0.25) is 4.79 Å². The highest BCUT2D eigenvalue weighted by atomic mass is 16.6. The third kappa shape index (κ3) is 5.32. The molecule has 0 spiro atoms. The van der Waals surface area contributed by atoms with Gasteiger partial charge in [0.2, 0.25) is 0 Å². The Hall–Kier alpha value is -2.93. The van der Waals surface area contributed by atoms with Crippen molar-refractivity contribution in [3.63, 3.8) is 0 Å². The number of benzene rings is 1. The zero-order valence-electron chi connectivity index (χ0n) is 16.3. The van der Waals surface area contributed by atoms with Crippen LogP contribution in [0.3, 0.4) is 0 Å². The first-order chi connectivity index (χ1) is 13.9. The van der Waals surface area contributed by atoms with Crippen LogP contribution < -0.4 is 4.74 Å². The Labute approximate surface area is 168 Å². The molecular formula is C22H24O7. The number of aliphatic hydroxyl groups is 1. The first-order valence-corrected chi connectivity index (χ1v) is 9.50. The highest BCUT2D eigenvalue weighted by molar-refractivity contribution is 5.93. The van der Waals surface area contributed by atoms with Crippen LogP contribution in [0.5, 0.6) is 5.75 Å². The molecule has 0 radical (unpaired) electrons. The van der Waals surface area contributed by atoms with Gasteiger partial charge in [-0.25, -0.2) is 9.59 Å². The average molecular weight is 400 g/mol. The Morgan fingerprint density at radius 3 is 2.66 bits per heavy atom. The molecule has 154 valence electrons. The smallest absolute Gasteiger partial charge is 0.331 e. The standard InChI is InChI=1S/C22H24O7/c1-13(28-20(24)11-8-14-6-9-15(27-2)10-7-14)21(25)16-12-17(16)22(26)18-4-3-5-19(23)29-18/h3,5-11,13,16-18,22,26H,4,12H2,1-2H3/b11-8+/t13-,16-,17?,18+,22-/m0/s1. The van der Waals surface area contributed by atoms with Crippen molar-refractivity contribution in [2.45, 2.75) is 38.1 Å². The first-order valence-electron chi connectivity index (χ1n) is 9.50. The summed E-state index contributed by atoms with van der Waals surface area (Å²) in [5, 5.41) is 10.4. The van der Waals surface area contributed by atoms with Crippen LogP contribution >= 0.6 is 0 Å². The van der Waals surface area contributed by atoms with Crippen molar-refractivity contribution >= 4 is 23.8 Å². The largest absolute Gasteiger partial charge is 0.497 e. The molecule has 1 unspecified atom stereocenters. The summed E-state index contributed by atoms with van der Waals surface area (Å²) in [6, 6.07) is 7.13. The van der Waals surface area contributed by atoms with Crippen LogP contribution in [-0.4, -0.2) is 48.3 Å². The second-order valence-corrected chi connectivity index (χ2v) is 7.20. The minimum atomic E-state index is -0.918. The monoisotopic (exact) mass is 400 g/mol. The summed E-state index contributed by atoms with van der Waals surface area (Å²) in [4.78, 5) is 35.8. The van der Waals surface area contributed by atoms with Crippen molar-refractivity contribution in [1.29, 1.82) is 0 Å². The van der Waals surface area contributed by atoms with E-state index in [4.69, 9.17) is 14.2 Å². The molecule has 0 amide bonds. The number of carbonyl (C=O) groups excluding carboxylic acids is 3. The number of methoxy groups -OCH3 is 1. The molecule has 0 saturated heterocycles. The molecule has 1 aromatic carbocycles. The van der Waals surface area contributed by atoms with Crippen LogP contribution in [0.25, 0.3) is 6.08 Å². The zero-order chi connectivity index (χ0) is 21.0. The van der Waals surface area contributed by atoms with Crippen LogP contribution in [0.4, 0.5) is 0 Å². The Morgan fingerprint density at radius 1 is 1.28 bits per heavy atom. The molecule has 29 heavy (non-hydrogen) atoms. The van der Waals surface area contributed by atoms with Gasteiger partial charge in [-0.2, -0.15) is 0 Å². The molecule has 7 heteroatoms. The van der Waals surface area contributed by atoms with E-state index in [0.29, 0.717) is 18.6 Å². The van der Waals surface area contributed by atoms with E-state index < -0.39 is 36.2 Å². The van der Waals surface area contributed by atoms with E-state index in [9.17, 15) is 19.5 Å². The summed E-state index contributed by atoms with van der Waals surface area (Å²) >= 11 is 0. The predicted molar refractivity (Wildman–Crippen MR) is 104 cm³/mol. The Bertz CT molecular complexity index is 824. The molecule has 1 saturated carbocycles. The SMILES string of the molecule is COc1ccc(/C=C/C(=O)O[C@@H](C)C(=O)[C@H]2CC2[C@H](O)[C@H]2CC=CC(=O)O2)cc1. The minimum absolute atomic E-state index is 0.238. The van der Waals surface area contributed by atoms with Crippen molar-refractivity contribution < 1.29 is 33.7 Å². The zero-order valence-corrected chi connectivity index (χ0v) is 16.3. The number of ether oxygens (including phenoxy) is 3. The lowest BCUT2D eigenvalue weighted by molar-refractivity contribution is -0.152. The van der Waals surface area contributed by atoms with Gasteiger partial charge in [-0.05, 0) is 43.0 Å². The Morgan fingerprint density at radius 2 is 2.00 bits per heavy atom. The molecule has 0 aromatic heterocycles. The lowest BCUT2D eigenvalue weighted by atomic mass is 10.0. The summed E-state index contributed by atoms with van der Waals surface area (Å²) in [5.74, 6) is -1.33. The summed E-state index contributed by atoms with van der Waals surface area (Å²) in [5.41, 5.74) is 0.795. The third-order valence-corrected chi connectivity index (χ3v) is 5.14. The van der Waals surface area contributed by atoms with Crippen LogP contribution in [0.1, 0.15) is 25.3 Å². The molecule has 2 aliphatic rings. The fraction of sp³-hybridized carbons (Fsp3) is 0.409. The van der Waals surface area contributed by atoms with Crippen molar-refractivity contribution in [2.24, 2.45) is 11.8 Å². The van der Waals surface area contributed by atoms with Gasteiger partial charge >= 0.3 is 11.9 Å². The van der Waals surface area contributed by atoms with Gasteiger partial charge in [0.25, 0.3) is 0 Å². The van der Waals surface area contributed by atoms with E-state index in [1.54, 1.807) is 43.5 Å². The quantitative estimate of drug-likeness (QED) is 0.527. The molecule has 7 nitrogen and oxygen atoms in total. The fourth-order valence-corrected chi connectivity index (χ4v) is 3.39. The van der Waals surface area contributed by atoms with Gasteiger partial charge in [-0.1, -0.05) is 18.2 Å². The number of Topliss-reactive ketones (excluding diaryl/α,β-unsaturated/α-hetero) is 1. The molecule has 0 bridgehead atoms. The van der Waals surface area contributed by atoms with E-state index in [1.165, 1.54) is 19.1 Å². The molecule has 1 aromatic rings. The number of ketones is 1. The number of rotatable bonds is 8. The Balaban J connectivity index is 1.47. The van der Waals surface area contributed by atoms with E-state index >= 15 is 0 Å². The first kappa shape index (κ1) is 20.8. The summed E-state index contributed by atoms with van der Waals surface area (Å²) in [6.45, 7) is 1.52. The van der Waals surface area contributed by atoms with Gasteiger partial charge in [0, 0.05) is 24.5 Å².